The van der Waals surface area contributed by atoms with Crippen molar-refractivity contribution >= 4 is 0 Å². The van der Waals surface area contributed by atoms with Gasteiger partial charge in [0, 0.05) is 25.6 Å². The lowest BCUT2D eigenvalue weighted by atomic mass is 9.86. The molecule has 0 aromatic carbocycles. The second-order valence-corrected chi connectivity index (χ2v) is 3.89. The van der Waals surface area contributed by atoms with E-state index in [0.29, 0.717) is 13.1 Å². The Morgan fingerprint density at radius 1 is 1.64 bits per heavy atom. The third-order valence-corrected chi connectivity index (χ3v) is 2.93. The Balaban J connectivity index is 2.10. The van der Waals surface area contributed by atoms with Crippen LogP contribution in [0.5, 0.6) is 0 Å². The summed E-state index contributed by atoms with van der Waals surface area (Å²) in [5, 5.41) is 3.12. The van der Waals surface area contributed by atoms with Gasteiger partial charge in [-0.25, -0.2) is 4.39 Å². The zero-order chi connectivity index (χ0) is 7.90. The number of hydrogen-bond acceptors (Lipinski definition) is 2. The molecule has 0 aliphatic carbocycles. The van der Waals surface area contributed by atoms with Crippen molar-refractivity contribution in [1.29, 1.82) is 0 Å². The Labute approximate surface area is 66.8 Å². The second-order valence-electron chi connectivity index (χ2n) is 3.89. The van der Waals surface area contributed by atoms with E-state index in [1.54, 1.807) is 0 Å². The van der Waals surface area contributed by atoms with Crippen molar-refractivity contribution in [3.8, 4) is 0 Å². The zero-order valence-electron chi connectivity index (χ0n) is 6.94. The number of nitrogens with zero attached hydrogens (tertiary/aromatic N) is 1. The number of piperidine rings is 1. The van der Waals surface area contributed by atoms with Crippen LogP contribution in [-0.4, -0.2) is 43.8 Å². The van der Waals surface area contributed by atoms with E-state index in [2.05, 4.69) is 10.2 Å². The molecule has 2 atom stereocenters. The molecular weight excluding hydrogens is 143 g/mol. The molecule has 2 heterocycles. The van der Waals surface area contributed by atoms with Gasteiger partial charge in [0.2, 0.25) is 0 Å². The van der Waals surface area contributed by atoms with Crippen LogP contribution < -0.4 is 5.32 Å². The van der Waals surface area contributed by atoms with E-state index in [9.17, 15) is 4.39 Å². The van der Waals surface area contributed by atoms with Crippen LogP contribution in [0.1, 0.15) is 6.42 Å². The van der Waals surface area contributed by atoms with E-state index in [-0.39, 0.29) is 5.92 Å². The van der Waals surface area contributed by atoms with Gasteiger partial charge in [-0.05, 0) is 20.0 Å². The topological polar surface area (TPSA) is 15.3 Å². The molecule has 2 fully saturated rings. The first-order valence-corrected chi connectivity index (χ1v) is 4.29. The Morgan fingerprint density at radius 3 is 3.27 bits per heavy atom. The first-order chi connectivity index (χ1) is 5.21. The molecule has 0 spiro atoms. The molecule has 64 valence electrons. The zero-order valence-corrected chi connectivity index (χ0v) is 6.94. The summed E-state index contributed by atoms with van der Waals surface area (Å²) < 4.78 is 13.9. The van der Waals surface area contributed by atoms with Crippen molar-refractivity contribution in [2.75, 3.05) is 33.2 Å². The van der Waals surface area contributed by atoms with Gasteiger partial charge in [-0.1, -0.05) is 0 Å². The Bertz CT molecular complexity index is 162. The molecule has 2 aliphatic heterocycles. The molecule has 0 aromatic rings. The Kier molecular flexibility index (Phi) is 1.65. The van der Waals surface area contributed by atoms with Crippen LogP contribution in [0, 0.1) is 5.92 Å². The summed E-state index contributed by atoms with van der Waals surface area (Å²) in [6.45, 7) is 3.11. The number of rotatable bonds is 0. The highest BCUT2D eigenvalue weighted by Crippen LogP contribution is 2.33. The third kappa shape index (κ3) is 1.16. The fraction of sp³-hybridized carbons (Fsp3) is 1.00. The van der Waals surface area contributed by atoms with Crippen molar-refractivity contribution in [2.45, 2.75) is 12.1 Å². The van der Waals surface area contributed by atoms with Crippen molar-refractivity contribution in [1.82, 2.24) is 10.2 Å². The maximum atomic E-state index is 13.9. The fourth-order valence-corrected chi connectivity index (χ4v) is 2.23. The number of alkyl halides is 1. The molecule has 0 bridgehead atoms. The van der Waals surface area contributed by atoms with Crippen molar-refractivity contribution in [3.05, 3.63) is 0 Å². The van der Waals surface area contributed by atoms with Crippen LogP contribution in [0.3, 0.4) is 0 Å². The van der Waals surface area contributed by atoms with E-state index in [1.165, 1.54) is 0 Å². The predicted molar refractivity (Wildman–Crippen MR) is 42.3 cm³/mol. The smallest absolute Gasteiger partial charge is 0.140 e. The average molecular weight is 158 g/mol. The standard InChI is InChI=1S/C8H15FN2/c1-11-3-2-7-4-10-5-8(7,9)6-11/h7,10H,2-6H2,1H3/t7-,8+/m0/s1. The van der Waals surface area contributed by atoms with E-state index in [1.807, 2.05) is 7.05 Å². The van der Waals surface area contributed by atoms with Gasteiger partial charge in [0.25, 0.3) is 0 Å². The molecule has 0 aromatic heterocycles. The predicted octanol–water partition coefficient (Wildman–Crippen LogP) is 0.250. The lowest BCUT2D eigenvalue weighted by molar-refractivity contribution is 0.0369. The lowest BCUT2D eigenvalue weighted by Gasteiger charge is -2.36. The Morgan fingerprint density at radius 2 is 2.45 bits per heavy atom. The highest BCUT2D eigenvalue weighted by atomic mass is 19.1. The number of fused-ring (bicyclic) bond motifs is 1. The van der Waals surface area contributed by atoms with Gasteiger partial charge in [-0.3, -0.25) is 0 Å². The number of likely N-dealkylation sites (tertiary alicyclic amines) is 1. The molecule has 0 amide bonds. The summed E-state index contributed by atoms with van der Waals surface area (Å²) in [6, 6.07) is 0. The second kappa shape index (κ2) is 2.42. The van der Waals surface area contributed by atoms with Gasteiger partial charge in [-0.2, -0.15) is 0 Å². The van der Waals surface area contributed by atoms with Gasteiger partial charge < -0.3 is 10.2 Å². The maximum absolute atomic E-state index is 13.9. The molecule has 2 rings (SSSR count). The summed E-state index contributed by atoms with van der Waals surface area (Å²) >= 11 is 0. The molecular formula is C8H15FN2. The van der Waals surface area contributed by atoms with Crippen molar-refractivity contribution < 1.29 is 4.39 Å². The third-order valence-electron chi connectivity index (χ3n) is 2.93. The number of nitrogens with one attached hydrogen (secondary N) is 1. The lowest BCUT2D eigenvalue weighted by Crippen LogP contribution is -2.49. The van der Waals surface area contributed by atoms with E-state index in [4.69, 9.17) is 0 Å². The molecule has 1 N–H and O–H groups in total. The van der Waals surface area contributed by atoms with Crippen molar-refractivity contribution in [2.24, 2.45) is 5.92 Å². The number of hydrogen-bond donors (Lipinski definition) is 1. The molecule has 11 heavy (non-hydrogen) atoms. The summed E-state index contributed by atoms with van der Waals surface area (Å²) in [6.07, 6.45) is 1.01. The maximum Gasteiger partial charge on any atom is 0.140 e. The highest BCUT2D eigenvalue weighted by Gasteiger charge is 2.46. The monoisotopic (exact) mass is 158 g/mol. The van der Waals surface area contributed by atoms with E-state index < -0.39 is 5.67 Å². The Hall–Kier alpha value is -0.150. The molecule has 0 unspecified atom stereocenters. The van der Waals surface area contributed by atoms with Crippen LogP contribution in [0.2, 0.25) is 0 Å². The van der Waals surface area contributed by atoms with Gasteiger partial charge in [0.1, 0.15) is 5.67 Å². The minimum Gasteiger partial charge on any atom is -0.313 e. The number of halogens is 1. The van der Waals surface area contributed by atoms with Gasteiger partial charge in [0.15, 0.2) is 0 Å². The van der Waals surface area contributed by atoms with Gasteiger partial charge in [0.05, 0.1) is 0 Å². The summed E-state index contributed by atoms with van der Waals surface area (Å²) in [7, 11) is 2.00. The SMILES string of the molecule is CN1CC[C@H]2CNC[C@@]2(F)C1. The molecule has 0 saturated carbocycles. The van der Waals surface area contributed by atoms with Crippen LogP contribution in [-0.2, 0) is 0 Å². The highest BCUT2D eigenvalue weighted by molar-refractivity contribution is 5.00. The first kappa shape index (κ1) is 7.50. The first-order valence-electron chi connectivity index (χ1n) is 4.29. The summed E-state index contributed by atoms with van der Waals surface area (Å²) in [5.74, 6) is 0.277. The minimum absolute atomic E-state index is 0.277. The van der Waals surface area contributed by atoms with Crippen LogP contribution in [0.4, 0.5) is 4.39 Å². The average Bonchev–Trinajstić information content (AvgIpc) is 2.28. The summed E-state index contributed by atoms with van der Waals surface area (Å²) in [4.78, 5) is 2.09. The van der Waals surface area contributed by atoms with Crippen LogP contribution >= 0.6 is 0 Å². The fourth-order valence-electron chi connectivity index (χ4n) is 2.23. The molecule has 3 heteroatoms. The molecule has 0 radical (unpaired) electrons. The quantitative estimate of drug-likeness (QED) is 0.543. The molecule has 2 aliphatic rings. The largest absolute Gasteiger partial charge is 0.313 e. The normalized spacial score (nSPS) is 45.8. The van der Waals surface area contributed by atoms with Crippen LogP contribution in [0.15, 0.2) is 0 Å². The van der Waals surface area contributed by atoms with Crippen LogP contribution in [0.25, 0.3) is 0 Å². The summed E-state index contributed by atoms with van der Waals surface area (Å²) in [5.41, 5.74) is -0.924. The molecule has 2 nitrogen and oxygen atoms in total. The van der Waals surface area contributed by atoms with E-state index >= 15 is 0 Å². The van der Waals surface area contributed by atoms with Crippen molar-refractivity contribution in [3.63, 3.8) is 0 Å². The van der Waals surface area contributed by atoms with Gasteiger partial charge >= 0.3 is 0 Å². The molecule has 2 saturated heterocycles. The van der Waals surface area contributed by atoms with Gasteiger partial charge in [-0.15, -0.1) is 0 Å². The van der Waals surface area contributed by atoms with E-state index in [0.717, 1.165) is 19.5 Å². The minimum atomic E-state index is -0.924.